The lowest BCUT2D eigenvalue weighted by Gasteiger charge is -2.29. The van der Waals surface area contributed by atoms with Crippen molar-refractivity contribution in [3.63, 3.8) is 0 Å². The number of methoxy groups -OCH3 is 1. The minimum absolute atomic E-state index is 0. The van der Waals surface area contributed by atoms with Crippen molar-refractivity contribution >= 4 is 18.4 Å². The first-order chi connectivity index (χ1) is 9.07. The highest BCUT2D eigenvalue weighted by molar-refractivity contribution is 5.85. The van der Waals surface area contributed by atoms with Gasteiger partial charge in [0.15, 0.2) is 23.3 Å². The molecular formula is C12H13ClF5NO2. The van der Waals surface area contributed by atoms with E-state index in [2.05, 4.69) is 4.74 Å². The summed E-state index contributed by atoms with van der Waals surface area (Å²) in [5, 5.41) is 0. The molecule has 1 aromatic carbocycles. The fourth-order valence-corrected chi connectivity index (χ4v) is 1.65. The Balaban J connectivity index is 0.00000400. The molecule has 0 aliphatic heterocycles. The van der Waals surface area contributed by atoms with Crippen molar-refractivity contribution in [3.8, 4) is 0 Å². The fraction of sp³-hybridized carbons (Fsp3) is 0.417. The normalized spacial score (nSPS) is 12.6. The molecule has 0 aliphatic rings. The second kappa shape index (κ2) is 6.57. The van der Waals surface area contributed by atoms with E-state index in [0.29, 0.717) is 0 Å². The van der Waals surface area contributed by atoms with Crippen LogP contribution in [0, 0.1) is 34.5 Å². The summed E-state index contributed by atoms with van der Waals surface area (Å²) in [5.41, 5.74) is 2.56. The average Bonchev–Trinajstić information content (AvgIpc) is 2.41. The van der Waals surface area contributed by atoms with E-state index in [1.54, 1.807) is 0 Å². The third-order valence-corrected chi connectivity index (χ3v) is 3.04. The van der Waals surface area contributed by atoms with Crippen LogP contribution in [-0.4, -0.2) is 13.1 Å². The van der Waals surface area contributed by atoms with E-state index in [1.807, 2.05) is 0 Å². The summed E-state index contributed by atoms with van der Waals surface area (Å²) in [6.45, 7) is 2.34. The fourth-order valence-electron chi connectivity index (χ4n) is 1.65. The molecule has 1 atom stereocenters. The molecule has 9 heteroatoms. The predicted molar refractivity (Wildman–Crippen MR) is 66.2 cm³/mol. The number of hydrogen-bond donors (Lipinski definition) is 1. The number of hydrogen-bond acceptors (Lipinski definition) is 3. The van der Waals surface area contributed by atoms with Crippen LogP contribution >= 0.6 is 12.4 Å². The molecule has 0 heterocycles. The van der Waals surface area contributed by atoms with Gasteiger partial charge in [0, 0.05) is 5.56 Å². The monoisotopic (exact) mass is 333 g/mol. The average molecular weight is 334 g/mol. The molecule has 0 saturated heterocycles. The lowest BCUT2D eigenvalue weighted by atomic mass is 9.80. The van der Waals surface area contributed by atoms with Crippen LogP contribution in [0.3, 0.4) is 0 Å². The zero-order chi connectivity index (χ0) is 15.8. The van der Waals surface area contributed by atoms with E-state index in [1.165, 1.54) is 13.8 Å². The van der Waals surface area contributed by atoms with Crippen molar-refractivity contribution in [1.82, 2.24) is 0 Å². The van der Waals surface area contributed by atoms with E-state index < -0.39 is 52.1 Å². The highest BCUT2D eigenvalue weighted by atomic mass is 35.5. The van der Waals surface area contributed by atoms with Gasteiger partial charge in [-0.1, -0.05) is 0 Å². The molecule has 21 heavy (non-hydrogen) atoms. The van der Waals surface area contributed by atoms with Crippen LogP contribution in [0.25, 0.3) is 0 Å². The highest BCUT2D eigenvalue weighted by Gasteiger charge is 2.41. The van der Waals surface area contributed by atoms with Crippen LogP contribution in [0.1, 0.15) is 25.5 Å². The molecular weight excluding hydrogens is 321 g/mol. The van der Waals surface area contributed by atoms with Crippen LogP contribution < -0.4 is 5.73 Å². The molecule has 0 spiro atoms. The first-order valence-electron chi connectivity index (χ1n) is 5.42. The zero-order valence-corrected chi connectivity index (χ0v) is 12.1. The van der Waals surface area contributed by atoms with E-state index in [9.17, 15) is 26.7 Å². The summed E-state index contributed by atoms with van der Waals surface area (Å²) in [4.78, 5) is 11.5. The number of carbonyl (C=O) groups is 1. The van der Waals surface area contributed by atoms with Crippen LogP contribution in [0.2, 0.25) is 0 Å². The molecule has 0 amide bonds. The van der Waals surface area contributed by atoms with Crippen molar-refractivity contribution in [1.29, 1.82) is 0 Å². The quantitative estimate of drug-likeness (QED) is 0.400. The molecule has 0 radical (unpaired) electrons. The maximum atomic E-state index is 13.6. The van der Waals surface area contributed by atoms with Crippen LogP contribution in [0.15, 0.2) is 0 Å². The van der Waals surface area contributed by atoms with Crippen LogP contribution in [0.4, 0.5) is 22.0 Å². The Bertz CT molecular complexity index is 536. The van der Waals surface area contributed by atoms with Gasteiger partial charge in [-0.05, 0) is 13.8 Å². The van der Waals surface area contributed by atoms with Crippen molar-refractivity contribution in [3.05, 3.63) is 34.6 Å². The number of nitrogens with two attached hydrogens (primary N) is 1. The van der Waals surface area contributed by atoms with Crippen molar-refractivity contribution < 1.29 is 31.5 Å². The molecule has 0 saturated carbocycles. The number of ether oxygens (including phenoxy) is 1. The Kier molecular flexibility index (Phi) is 6.13. The molecule has 0 aromatic heterocycles. The number of benzene rings is 1. The van der Waals surface area contributed by atoms with Gasteiger partial charge in [0.1, 0.15) is 0 Å². The van der Waals surface area contributed by atoms with Gasteiger partial charge >= 0.3 is 5.97 Å². The van der Waals surface area contributed by atoms with Gasteiger partial charge in [-0.2, -0.15) is 0 Å². The van der Waals surface area contributed by atoms with E-state index in [-0.39, 0.29) is 12.4 Å². The van der Waals surface area contributed by atoms with Gasteiger partial charge in [-0.25, -0.2) is 22.0 Å². The predicted octanol–water partition coefficient (Wildman–Crippen LogP) is 3.00. The number of rotatable bonds is 3. The maximum Gasteiger partial charge on any atom is 0.313 e. The number of carbonyl (C=O) groups excluding carboxylic acids is 1. The van der Waals surface area contributed by atoms with Crippen LogP contribution in [-0.2, 0) is 9.53 Å². The Morgan fingerprint density at radius 1 is 1.00 bits per heavy atom. The van der Waals surface area contributed by atoms with E-state index in [0.717, 1.165) is 7.11 Å². The van der Waals surface area contributed by atoms with Gasteiger partial charge < -0.3 is 10.5 Å². The van der Waals surface area contributed by atoms with Gasteiger partial charge in [0.05, 0.1) is 18.6 Å². The van der Waals surface area contributed by atoms with Crippen molar-refractivity contribution in [2.45, 2.75) is 19.9 Å². The first-order valence-corrected chi connectivity index (χ1v) is 5.42. The summed E-state index contributed by atoms with van der Waals surface area (Å²) in [6.07, 6.45) is 0. The second-order valence-electron chi connectivity index (χ2n) is 4.67. The molecule has 0 bridgehead atoms. The van der Waals surface area contributed by atoms with Crippen molar-refractivity contribution in [2.24, 2.45) is 11.1 Å². The zero-order valence-electron chi connectivity index (χ0n) is 11.3. The largest absolute Gasteiger partial charge is 0.469 e. The summed E-state index contributed by atoms with van der Waals surface area (Å²) in [7, 11) is 1.01. The van der Waals surface area contributed by atoms with E-state index in [4.69, 9.17) is 5.73 Å². The summed E-state index contributed by atoms with van der Waals surface area (Å²) in [5.74, 6) is -11.6. The minimum Gasteiger partial charge on any atom is -0.469 e. The molecule has 0 fully saturated rings. The Morgan fingerprint density at radius 3 is 1.67 bits per heavy atom. The van der Waals surface area contributed by atoms with Crippen molar-refractivity contribution in [2.75, 3.05) is 7.11 Å². The molecule has 2 N–H and O–H groups in total. The van der Waals surface area contributed by atoms with Gasteiger partial charge in [0.25, 0.3) is 0 Å². The standard InChI is InChI=1S/C12H12F5NO2.ClH/c1-12(2,11(19)20-3)10(18)4-5(13)7(15)9(17)8(16)6(4)14;/h10H,18H2,1-3H3;1H/t10-;/m0./s1. The lowest BCUT2D eigenvalue weighted by Crippen LogP contribution is -2.39. The first kappa shape index (κ1) is 19.6. The van der Waals surface area contributed by atoms with Gasteiger partial charge in [-0.15, -0.1) is 12.4 Å². The lowest BCUT2D eigenvalue weighted by molar-refractivity contribution is -0.152. The third-order valence-electron chi connectivity index (χ3n) is 3.04. The third kappa shape index (κ3) is 3.11. The molecule has 3 nitrogen and oxygen atoms in total. The highest BCUT2D eigenvalue weighted by Crippen LogP contribution is 2.37. The van der Waals surface area contributed by atoms with Gasteiger partial charge in [0.2, 0.25) is 5.82 Å². The number of esters is 1. The Morgan fingerprint density at radius 2 is 1.33 bits per heavy atom. The second-order valence-corrected chi connectivity index (χ2v) is 4.67. The maximum absolute atomic E-state index is 13.6. The summed E-state index contributed by atoms with van der Waals surface area (Å²) in [6, 6.07) is -1.78. The number of halogens is 6. The summed E-state index contributed by atoms with van der Waals surface area (Å²) < 4.78 is 70.7. The smallest absolute Gasteiger partial charge is 0.313 e. The summed E-state index contributed by atoms with van der Waals surface area (Å²) >= 11 is 0. The molecule has 1 rings (SSSR count). The molecule has 0 aliphatic carbocycles. The molecule has 1 aromatic rings. The molecule has 0 unspecified atom stereocenters. The minimum atomic E-state index is -2.29. The topological polar surface area (TPSA) is 52.3 Å². The van der Waals surface area contributed by atoms with Crippen LogP contribution in [0.5, 0.6) is 0 Å². The Hall–Kier alpha value is -1.41. The van der Waals surface area contributed by atoms with E-state index >= 15 is 0 Å². The van der Waals surface area contributed by atoms with Gasteiger partial charge in [-0.3, -0.25) is 4.79 Å². The Labute approximate surface area is 123 Å². The SMILES string of the molecule is COC(=O)C(C)(C)[C@@H](N)c1c(F)c(F)c(F)c(F)c1F.Cl. The molecule has 120 valence electrons.